The van der Waals surface area contributed by atoms with E-state index in [1.165, 1.54) is 98.0 Å². The third-order valence-corrected chi connectivity index (χ3v) is 16.3. The van der Waals surface area contributed by atoms with Gasteiger partial charge in [0, 0.05) is 16.7 Å². The molecular weight excluding hydrogens is 787 g/mol. The molecule has 9 aromatic rings. The maximum Gasteiger partial charge on any atom is 0.164 e. The number of nitrogens with zero attached hydrogens (tertiary/aromatic N) is 3. The van der Waals surface area contributed by atoms with Crippen LogP contribution in [0.4, 0.5) is 0 Å². The second kappa shape index (κ2) is 14.1. The summed E-state index contributed by atoms with van der Waals surface area (Å²) in [7, 11) is 0. The van der Waals surface area contributed by atoms with Gasteiger partial charge in [0.05, 0.1) is 5.41 Å². The highest BCUT2D eigenvalue weighted by Gasteiger charge is 2.53. The van der Waals surface area contributed by atoms with Crippen LogP contribution in [0.2, 0.25) is 0 Å². The Bertz CT molecular complexity index is 3280. The number of rotatable bonds is 4. The summed E-state index contributed by atoms with van der Waals surface area (Å²) < 4.78 is 0. The van der Waals surface area contributed by atoms with Gasteiger partial charge in [-0.2, -0.15) is 0 Å². The lowest BCUT2D eigenvalue weighted by atomic mass is 9.63. The fourth-order valence-electron chi connectivity index (χ4n) is 13.6. The first-order valence-corrected chi connectivity index (χ1v) is 23.7. The number of hydrogen-bond acceptors (Lipinski definition) is 3. The fraction of sp³-hybridized carbons (Fsp3) is 0.177. The monoisotopic (exact) mass is 833 g/mol. The third-order valence-electron chi connectivity index (χ3n) is 16.3. The smallest absolute Gasteiger partial charge is 0.164 e. The van der Waals surface area contributed by atoms with Gasteiger partial charge in [-0.05, 0) is 139 Å². The van der Waals surface area contributed by atoms with Crippen LogP contribution in [-0.4, -0.2) is 15.0 Å². The van der Waals surface area contributed by atoms with Crippen LogP contribution in [0.1, 0.15) is 77.8 Å². The van der Waals surface area contributed by atoms with E-state index in [1.54, 1.807) is 5.56 Å². The molecule has 5 unspecified atom stereocenters. The first-order valence-electron chi connectivity index (χ1n) is 23.7. The molecule has 8 aromatic carbocycles. The van der Waals surface area contributed by atoms with Crippen LogP contribution >= 0.6 is 0 Å². The first-order chi connectivity index (χ1) is 32.1. The van der Waals surface area contributed by atoms with Crippen molar-refractivity contribution in [2.75, 3.05) is 0 Å². The zero-order valence-electron chi connectivity index (χ0n) is 36.5. The van der Waals surface area contributed by atoms with Crippen molar-refractivity contribution in [3.8, 4) is 78.7 Å². The van der Waals surface area contributed by atoms with E-state index < -0.39 is 5.41 Å². The zero-order valence-corrected chi connectivity index (χ0v) is 36.5. The summed E-state index contributed by atoms with van der Waals surface area (Å²) in [5.41, 5.74) is 21.5. The SMILES string of the molecule is CC1CC2CC3CC(CC23)c2ccccc2-c2cccc(-c3cccc4c3-c3ccc(-c5nc(-c6ccccc6)nc(-c6ccccc6)n5)cc3C43c4ccccc4-c4ccccc43)c21. The van der Waals surface area contributed by atoms with Gasteiger partial charge in [0.2, 0.25) is 0 Å². The predicted molar refractivity (Wildman–Crippen MR) is 263 cm³/mol. The van der Waals surface area contributed by atoms with Gasteiger partial charge in [0.25, 0.3) is 0 Å². The predicted octanol–water partition coefficient (Wildman–Crippen LogP) is 15.2. The quantitative estimate of drug-likeness (QED) is 0.177. The van der Waals surface area contributed by atoms with Gasteiger partial charge in [0.15, 0.2) is 17.5 Å². The lowest BCUT2D eigenvalue weighted by Crippen LogP contribution is -2.33. The summed E-state index contributed by atoms with van der Waals surface area (Å²) in [6.07, 6.45) is 5.35. The second-order valence-corrected chi connectivity index (χ2v) is 19.4. The van der Waals surface area contributed by atoms with Crippen molar-refractivity contribution < 1.29 is 0 Å². The van der Waals surface area contributed by atoms with Crippen LogP contribution in [-0.2, 0) is 5.41 Å². The van der Waals surface area contributed by atoms with Crippen molar-refractivity contribution >= 4 is 0 Å². The molecule has 2 fully saturated rings. The Morgan fingerprint density at radius 2 is 0.908 bits per heavy atom. The van der Waals surface area contributed by atoms with Crippen molar-refractivity contribution in [2.45, 2.75) is 49.9 Å². The molecule has 5 aliphatic rings. The number of aromatic nitrogens is 3. The molecule has 5 atom stereocenters. The molecule has 2 saturated carbocycles. The molecule has 0 aliphatic heterocycles. The molecule has 1 spiro atoms. The van der Waals surface area contributed by atoms with Gasteiger partial charge in [-0.15, -0.1) is 0 Å². The molecule has 5 aliphatic carbocycles. The standard InChI is InChI=1S/C62H47N3/c1-37-32-41-33-42-34-43(35-52(41)42)44-20-8-9-21-45(44)48-24-14-25-49(57(37)48)50-26-15-29-55-58(50)51-31-30-40(36-56(51)62(55)53-27-12-10-22-46(53)47-23-11-13-28-54(47)62)61-64-59(38-16-4-2-5-17-38)63-60(65-61)39-18-6-3-7-19-39/h2-31,36-37,41-43,52H,32-35H2,1H3. The molecule has 310 valence electrons. The van der Waals surface area contributed by atoms with E-state index >= 15 is 0 Å². The molecule has 0 N–H and O–H groups in total. The van der Waals surface area contributed by atoms with E-state index in [1.807, 2.05) is 36.4 Å². The number of hydrogen-bond donors (Lipinski definition) is 0. The van der Waals surface area contributed by atoms with Gasteiger partial charge >= 0.3 is 0 Å². The zero-order chi connectivity index (χ0) is 42.8. The molecule has 65 heavy (non-hydrogen) atoms. The highest BCUT2D eigenvalue weighted by Crippen LogP contribution is 2.65. The lowest BCUT2D eigenvalue weighted by molar-refractivity contribution is 0.0894. The summed E-state index contributed by atoms with van der Waals surface area (Å²) in [6.45, 7) is 2.53. The molecule has 0 amide bonds. The summed E-state index contributed by atoms with van der Waals surface area (Å²) in [5, 5.41) is 0. The van der Waals surface area contributed by atoms with Crippen molar-refractivity contribution in [2.24, 2.45) is 17.8 Å². The fourth-order valence-corrected chi connectivity index (χ4v) is 13.6. The average Bonchev–Trinajstić information content (AvgIpc) is 3.98. The molecule has 3 nitrogen and oxygen atoms in total. The summed E-state index contributed by atoms with van der Waals surface area (Å²) in [6, 6.07) is 69.7. The van der Waals surface area contributed by atoms with Crippen molar-refractivity contribution in [3.05, 3.63) is 221 Å². The second-order valence-electron chi connectivity index (χ2n) is 19.4. The lowest BCUT2D eigenvalue weighted by Gasteiger charge is -2.42. The van der Waals surface area contributed by atoms with Crippen molar-refractivity contribution in [3.63, 3.8) is 0 Å². The Morgan fingerprint density at radius 1 is 0.385 bits per heavy atom. The molecule has 1 aromatic heterocycles. The van der Waals surface area contributed by atoms with Crippen LogP contribution in [0.15, 0.2) is 188 Å². The Morgan fingerprint density at radius 3 is 1.60 bits per heavy atom. The normalized spacial score (nSPS) is 21.0. The van der Waals surface area contributed by atoms with E-state index in [-0.39, 0.29) is 0 Å². The minimum Gasteiger partial charge on any atom is -0.208 e. The largest absolute Gasteiger partial charge is 0.208 e. The topological polar surface area (TPSA) is 38.7 Å². The minimum atomic E-state index is -0.543. The highest BCUT2D eigenvalue weighted by molar-refractivity contribution is 6.01. The van der Waals surface area contributed by atoms with Gasteiger partial charge in [-0.25, -0.2) is 15.0 Å². The third kappa shape index (κ3) is 5.33. The van der Waals surface area contributed by atoms with Gasteiger partial charge < -0.3 is 0 Å². The molecule has 0 saturated heterocycles. The molecule has 1 heterocycles. The van der Waals surface area contributed by atoms with E-state index in [9.17, 15) is 0 Å². The summed E-state index contributed by atoms with van der Waals surface area (Å²) in [5.74, 6) is 5.64. The molecule has 3 heteroatoms. The van der Waals surface area contributed by atoms with E-state index in [2.05, 4.69) is 159 Å². The van der Waals surface area contributed by atoms with Crippen molar-refractivity contribution in [1.82, 2.24) is 15.0 Å². The van der Waals surface area contributed by atoms with Gasteiger partial charge in [-0.3, -0.25) is 0 Å². The maximum absolute atomic E-state index is 5.25. The molecule has 2 bridgehead atoms. The van der Waals surface area contributed by atoms with Crippen LogP contribution in [0, 0.1) is 17.8 Å². The van der Waals surface area contributed by atoms with Crippen LogP contribution in [0.25, 0.3) is 78.7 Å². The number of fused-ring (bicyclic) bond motifs is 15. The van der Waals surface area contributed by atoms with Crippen LogP contribution < -0.4 is 0 Å². The summed E-state index contributed by atoms with van der Waals surface area (Å²) in [4.78, 5) is 15.6. The van der Waals surface area contributed by atoms with Crippen LogP contribution in [0.5, 0.6) is 0 Å². The Hall–Kier alpha value is -7.23. The van der Waals surface area contributed by atoms with E-state index in [4.69, 9.17) is 15.0 Å². The highest BCUT2D eigenvalue weighted by atomic mass is 15.0. The average molecular weight is 834 g/mol. The van der Waals surface area contributed by atoms with E-state index in [0.717, 1.165) is 34.4 Å². The Kier molecular flexibility index (Phi) is 8.08. The first kappa shape index (κ1) is 37.2. The van der Waals surface area contributed by atoms with Crippen molar-refractivity contribution in [1.29, 1.82) is 0 Å². The summed E-state index contributed by atoms with van der Waals surface area (Å²) >= 11 is 0. The Labute approximate surface area is 381 Å². The van der Waals surface area contributed by atoms with Gasteiger partial charge in [0.1, 0.15) is 0 Å². The molecule has 14 rings (SSSR count). The Balaban J connectivity index is 1.03. The minimum absolute atomic E-state index is 0.416. The maximum atomic E-state index is 5.25. The number of benzene rings is 8. The molecular formula is C62H47N3. The van der Waals surface area contributed by atoms with Crippen LogP contribution in [0.3, 0.4) is 0 Å². The van der Waals surface area contributed by atoms with Gasteiger partial charge in [-0.1, -0.05) is 189 Å². The molecule has 0 radical (unpaired) electrons. The van der Waals surface area contributed by atoms with E-state index in [0.29, 0.717) is 29.3 Å².